The molecule has 2 heterocycles. The van der Waals surface area contributed by atoms with E-state index in [2.05, 4.69) is 75.8 Å². The molecule has 7 heteroatoms. The van der Waals surface area contributed by atoms with Gasteiger partial charge < -0.3 is 15.1 Å². The molecule has 2 atom stereocenters. The first-order valence-electron chi connectivity index (χ1n) is 9.24. The summed E-state index contributed by atoms with van der Waals surface area (Å²) in [4.78, 5) is 9.11. The molecule has 2 unspecified atom stereocenters. The number of halogens is 1. The Balaban J connectivity index is 0.00000261. The fourth-order valence-electron chi connectivity index (χ4n) is 3.68. The monoisotopic (exact) mass is 482 g/mol. The van der Waals surface area contributed by atoms with Crippen molar-refractivity contribution in [3.05, 3.63) is 53.9 Å². The van der Waals surface area contributed by atoms with Crippen LogP contribution in [0.5, 0.6) is 0 Å². The first kappa shape index (κ1) is 21.7. The largest absolute Gasteiger partial charge is 0.354 e. The lowest BCUT2D eigenvalue weighted by Gasteiger charge is -2.27. The zero-order chi connectivity index (χ0) is 18.5. The normalized spacial score (nSPS) is 18.5. The fourth-order valence-corrected chi connectivity index (χ4v) is 3.68. The molecule has 0 radical (unpaired) electrons. The van der Waals surface area contributed by atoms with Gasteiger partial charge in [-0.05, 0) is 26.1 Å². The second-order valence-corrected chi connectivity index (χ2v) is 7.20. The summed E-state index contributed by atoms with van der Waals surface area (Å²) < 4.78 is 1.85. The molecule has 27 heavy (non-hydrogen) atoms. The minimum atomic E-state index is 0. The van der Waals surface area contributed by atoms with Crippen LogP contribution < -0.4 is 5.32 Å². The van der Waals surface area contributed by atoms with Gasteiger partial charge in [-0.15, -0.1) is 24.0 Å². The molecule has 1 aromatic heterocycles. The van der Waals surface area contributed by atoms with Gasteiger partial charge in [-0.2, -0.15) is 5.10 Å². The number of hydrogen-bond acceptors (Lipinski definition) is 3. The number of aliphatic imine (C=N–C) groups is 1. The Kier molecular flexibility index (Phi) is 8.09. The molecule has 0 amide bonds. The summed E-state index contributed by atoms with van der Waals surface area (Å²) in [7, 11) is 8.02. The van der Waals surface area contributed by atoms with Crippen molar-refractivity contribution in [2.75, 3.05) is 40.8 Å². The van der Waals surface area contributed by atoms with Crippen LogP contribution in [0, 0.1) is 0 Å². The zero-order valence-corrected chi connectivity index (χ0v) is 19.0. The standard InChI is InChI=1S/C20H30N6.HI/c1-21-20(22-13-19(24(2)3)18-12-23-25(4)14-18)26-11-10-17(15-26)16-8-6-5-7-9-16;/h5-9,12,14,17,19H,10-11,13,15H2,1-4H3,(H,21,22);1H. The molecule has 1 saturated heterocycles. The average molecular weight is 482 g/mol. The lowest BCUT2D eigenvalue weighted by atomic mass is 9.99. The van der Waals surface area contributed by atoms with Gasteiger partial charge in [0.1, 0.15) is 0 Å². The zero-order valence-electron chi connectivity index (χ0n) is 16.7. The lowest BCUT2D eigenvalue weighted by Crippen LogP contribution is -2.43. The number of guanidine groups is 1. The van der Waals surface area contributed by atoms with E-state index in [1.165, 1.54) is 17.5 Å². The predicted molar refractivity (Wildman–Crippen MR) is 122 cm³/mol. The Morgan fingerprint density at radius 3 is 2.67 bits per heavy atom. The Morgan fingerprint density at radius 2 is 2.07 bits per heavy atom. The molecular formula is C20H31IN6. The number of nitrogens with one attached hydrogen (secondary N) is 1. The number of aromatic nitrogens is 2. The van der Waals surface area contributed by atoms with Crippen LogP contribution in [0.2, 0.25) is 0 Å². The number of rotatable bonds is 5. The van der Waals surface area contributed by atoms with Crippen molar-refractivity contribution in [2.45, 2.75) is 18.4 Å². The third-order valence-electron chi connectivity index (χ3n) is 5.16. The van der Waals surface area contributed by atoms with Crippen molar-refractivity contribution >= 4 is 29.9 Å². The molecule has 0 spiro atoms. The van der Waals surface area contributed by atoms with E-state index in [9.17, 15) is 0 Å². The van der Waals surface area contributed by atoms with Crippen molar-refractivity contribution in [2.24, 2.45) is 12.0 Å². The van der Waals surface area contributed by atoms with E-state index in [1.54, 1.807) is 0 Å². The molecule has 1 aliphatic rings. The summed E-state index contributed by atoms with van der Waals surface area (Å²) in [5, 5.41) is 7.88. The van der Waals surface area contributed by atoms with Gasteiger partial charge in [-0.3, -0.25) is 9.67 Å². The quantitative estimate of drug-likeness (QED) is 0.405. The minimum Gasteiger partial charge on any atom is -0.354 e. The molecule has 1 fully saturated rings. The summed E-state index contributed by atoms with van der Waals surface area (Å²) >= 11 is 0. The van der Waals surface area contributed by atoms with Gasteiger partial charge in [0.2, 0.25) is 0 Å². The van der Waals surface area contributed by atoms with E-state index in [0.717, 1.165) is 25.6 Å². The SMILES string of the molecule is CN=C(NCC(c1cnn(C)c1)N(C)C)N1CCC(c2ccccc2)C1.I. The van der Waals surface area contributed by atoms with Crippen LogP contribution in [-0.4, -0.2) is 66.3 Å². The second-order valence-electron chi connectivity index (χ2n) is 7.20. The van der Waals surface area contributed by atoms with Crippen LogP contribution in [-0.2, 0) is 7.05 Å². The number of hydrogen-bond donors (Lipinski definition) is 1. The Bertz CT molecular complexity index is 727. The topological polar surface area (TPSA) is 48.7 Å². The molecular weight excluding hydrogens is 451 g/mol. The molecule has 1 aromatic carbocycles. The van der Waals surface area contributed by atoms with Gasteiger partial charge in [0, 0.05) is 51.4 Å². The van der Waals surface area contributed by atoms with Crippen molar-refractivity contribution in [3.63, 3.8) is 0 Å². The van der Waals surface area contributed by atoms with E-state index in [1.807, 2.05) is 25.0 Å². The molecule has 0 aliphatic carbocycles. The Labute approximate surface area is 179 Å². The summed E-state index contributed by atoms with van der Waals surface area (Å²) in [5.41, 5.74) is 2.64. The highest BCUT2D eigenvalue weighted by Crippen LogP contribution is 2.27. The van der Waals surface area contributed by atoms with Gasteiger partial charge in [-0.1, -0.05) is 30.3 Å². The van der Waals surface area contributed by atoms with Gasteiger partial charge in [0.05, 0.1) is 12.2 Å². The number of likely N-dealkylation sites (tertiary alicyclic amines) is 1. The van der Waals surface area contributed by atoms with Crippen LogP contribution in [0.25, 0.3) is 0 Å². The van der Waals surface area contributed by atoms with Gasteiger partial charge in [0.25, 0.3) is 0 Å². The van der Waals surface area contributed by atoms with Crippen LogP contribution >= 0.6 is 24.0 Å². The van der Waals surface area contributed by atoms with Gasteiger partial charge >= 0.3 is 0 Å². The predicted octanol–water partition coefficient (Wildman–Crippen LogP) is 2.71. The third kappa shape index (κ3) is 5.44. The highest BCUT2D eigenvalue weighted by atomic mass is 127. The average Bonchev–Trinajstić information content (AvgIpc) is 3.29. The van der Waals surface area contributed by atoms with E-state index < -0.39 is 0 Å². The van der Waals surface area contributed by atoms with Crippen LogP contribution in [0.4, 0.5) is 0 Å². The fraction of sp³-hybridized carbons (Fsp3) is 0.500. The molecule has 1 aliphatic heterocycles. The lowest BCUT2D eigenvalue weighted by molar-refractivity contribution is 0.295. The summed E-state index contributed by atoms with van der Waals surface area (Å²) in [6, 6.07) is 11.1. The Morgan fingerprint density at radius 1 is 1.33 bits per heavy atom. The minimum absolute atomic E-state index is 0. The summed E-state index contributed by atoms with van der Waals surface area (Å²) in [6.45, 7) is 2.86. The van der Waals surface area contributed by atoms with Crippen LogP contribution in [0.15, 0.2) is 47.7 Å². The molecule has 0 saturated carbocycles. The van der Waals surface area contributed by atoms with Crippen LogP contribution in [0.1, 0.15) is 29.5 Å². The van der Waals surface area contributed by atoms with Crippen molar-refractivity contribution < 1.29 is 0 Å². The summed E-state index contributed by atoms with van der Waals surface area (Å²) in [6.07, 6.45) is 5.19. The third-order valence-corrected chi connectivity index (χ3v) is 5.16. The number of nitrogens with zero attached hydrogens (tertiary/aromatic N) is 5. The maximum Gasteiger partial charge on any atom is 0.193 e. The molecule has 148 valence electrons. The molecule has 6 nitrogen and oxygen atoms in total. The van der Waals surface area contributed by atoms with Crippen molar-refractivity contribution in [1.82, 2.24) is 24.9 Å². The second kappa shape index (κ2) is 10.1. The maximum absolute atomic E-state index is 4.52. The van der Waals surface area contributed by atoms with E-state index >= 15 is 0 Å². The van der Waals surface area contributed by atoms with E-state index in [0.29, 0.717) is 5.92 Å². The van der Waals surface area contributed by atoms with Crippen LogP contribution in [0.3, 0.4) is 0 Å². The molecule has 2 aromatic rings. The summed E-state index contributed by atoms with van der Waals surface area (Å²) in [5.74, 6) is 1.57. The van der Waals surface area contributed by atoms with E-state index in [-0.39, 0.29) is 30.0 Å². The van der Waals surface area contributed by atoms with Crippen molar-refractivity contribution in [3.8, 4) is 0 Å². The Hall–Kier alpha value is -1.61. The maximum atomic E-state index is 4.52. The first-order valence-corrected chi connectivity index (χ1v) is 9.24. The van der Waals surface area contributed by atoms with E-state index in [4.69, 9.17) is 0 Å². The molecule has 3 rings (SSSR count). The molecule has 1 N–H and O–H groups in total. The van der Waals surface area contributed by atoms with Gasteiger partial charge in [-0.25, -0.2) is 0 Å². The first-order chi connectivity index (χ1) is 12.6. The highest BCUT2D eigenvalue weighted by molar-refractivity contribution is 14.0. The van der Waals surface area contributed by atoms with Crippen molar-refractivity contribution in [1.29, 1.82) is 0 Å². The number of likely N-dealkylation sites (N-methyl/N-ethyl adjacent to an activating group) is 1. The number of aryl methyl sites for hydroxylation is 1. The highest BCUT2D eigenvalue weighted by Gasteiger charge is 2.26. The number of benzene rings is 1. The molecule has 0 bridgehead atoms. The van der Waals surface area contributed by atoms with Gasteiger partial charge in [0.15, 0.2) is 5.96 Å². The smallest absolute Gasteiger partial charge is 0.193 e.